The molecule has 0 spiro atoms. The van der Waals surface area contributed by atoms with Gasteiger partial charge in [-0.3, -0.25) is 4.79 Å². The van der Waals surface area contributed by atoms with Crippen LogP contribution in [-0.4, -0.2) is 46.8 Å². The van der Waals surface area contributed by atoms with Gasteiger partial charge in [0, 0.05) is 18.7 Å². The first-order chi connectivity index (χ1) is 14.1. The normalized spacial score (nSPS) is 14.3. The number of carbonyl (C=O) groups is 1. The second-order valence-corrected chi connectivity index (χ2v) is 7.86. The molecule has 1 aliphatic heterocycles. The number of aromatic nitrogens is 2. The monoisotopic (exact) mass is 408 g/mol. The Morgan fingerprint density at radius 3 is 2.66 bits per heavy atom. The number of nitrogens with zero attached hydrogens (tertiary/aromatic N) is 3. The van der Waals surface area contributed by atoms with Crippen LogP contribution in [0.15, 0.2) is 54.6 Å². The van der Waals surface area contributed by atoms with Crippen LogP contribution in [0.2, 0.25) is 5.02 Å². The smallest absolute Gasteiger partial charge is 0.270 e. The third-order valence-electron chi connectivity index (χ3n) is 5.25. The van der Waals surface area contributed by atoms with Crippen LogP contribution in [0.25, 0.3) is 16.9 Å². The molecule has 1 saturated heterocycles. The SMILES string of the molecule is Cc1cccc(-n2nc(-c3ccccc3Cl)cc2C(=O)NCCN2CCCC2)c1. The molecule has 0 radical (unpaired) electrons. The Morgan fingerprint density at radius 1 is 1.10 bits per heavy atom. The van der Waals surface area contributed by atoms with Gasteiger partial charge in [-0.05, 0) is 62.7 Å². The fraction of sp³-hybridized carbons (Fsp3) is 0.304. The molecule has 1 amide bonds. The van der Waals surface area contributed by atoms with Gasteiger partial charge < -0.3 is 10.2 Å². The summed E-state index contributed by atoms with van der Waals surface area (Å²) in [4.78, 5) is 15.4. The first-order valence-electron chi connectivity index (χ1n) is 10.0. The van der Waals surface area contributed by atoms with Crippen molar-refractivity contribution in [1.29, 1.82) is 0 Å². The first-order valence-corrected chi connectivity index (χ1v) is 10.4. The van der Waals surface area contributed by atoms with E-state index < -0.39 is 0 Å². The third-order valence-corrected chi connectivity index (χ3v) is 5.58. The van der Waals surface area contributed by atoms with Gasteiger partial charge in [-0.2, -0.15) is 5.10 Å². The highest BCUT2D eigenvalue weighted by Crippen LogP contribution is 2.28. The molecule has 1 aliphatic rings. The number of benzene rings is 2. The van der Waals surface area contributed by atoms with Crippen molar-refractivity contribution in [3.8, 4) is 16.9 Å². The molecule has 3 aromatic rings. The molecular weight excluding hydrogens is 384 g/mol. The van der Waals surface area contributed by atoms with Crippen LogP contribution < -0.4 is 5.32 Å². The second kappa shape index (κ2) is 8.80. The van der Waals surface area contributed by atoms with Crippen LogP contribution >= 0.6 is 11.6 Å². The van der Waals surface area contributed by atoms with Gasteiger partial charge >= 0.3 is 0 Å². The lowest BCUT2D eigenvalue weighted by Crippen LogP contribution is -2.34. The van der Waals surface area contributed by atoms with Crippen LogP contribution in [-0.2, 0) is 0 Å². The van der Waals surface area contributed by atoms with E-state index in [0.29, 0.717) is 23.0 Å². The fourth-order valence-electron chi connectivity index (χ4n) is 3.72. The van der Waals surface area contributed by atoms with E-state index in [2.05, 4.69) is 10.2 Å². The molecule has 1 aromatic heterocycles. The largest absolute Gasteiger partial charge is 0.349 e. The molecule has 4 rings (SSSR count). The molecule has 150 valence electrons. The van der Waals surface area contributed by atoms with Crippen molar-refractivity contribution < 1.29 is 4.79 Å². The Kier molecular flexibility index (Phi) is 5.97. The number of nitrogens with one attached hydrogen (secondary N) is 1. The predicted octanol–water partition coefficient (Wildman–Crippen LogP) is 4.33. The summed E-state index contributed by atoms with van der Waals surface area (Å²) >= 11 is 6.37. The highest BCUT2D eigenvalue weighted by molar-refractivity contribution is 6.33. The second-order valence-electron chi connectivity index (χ2n) is 7.45. The standard InChI is InChI=1S/C23H25ClN4O/c1-17-7-6-8-18(15-17)28-22(23(29)25-11-14-27-12-4-5-13-27)16-21(26-28)19-9-2-3-10-20(19)24/h2-3,6-10,15-16H,4-5,11-14H2,1H3,(H,25,29). The summed E-state index contributed by atoms with van der Waals surface area (Å²) in [6.45, 7) is 5.76. The van der Waals surface area contributed by atoms with Crippen molar-refractivity contribution in [2.75, 3.05) is 26.2 Å². The number of hydrogen-bond donors (Lipinski definition) is 1. The zero-order valence-corrected chi connectivity index (χ0v) is 17.3. The van der Waals surface area contributed by atoms with Gasteiger partial charge in [0.15, 0.2) is 0 Å². The maximum Gasteiger partial charge on any atom is 0.270 e. The highest BCUT2D eigenvalue weighted by atomic mass is 35.5. The lowest BCUT2D eigenvalue weighted by molar-refractivity contribution is 0.0942. The predicted molar refractivity (Wildman–Crippen MR) is 117 cm³/mol. The minimum Gasteiger partial charge on any atom is -0.349 e. The average molecular weight is 409 g/mol. The number of rotatable bonds is 6. The summed E-state index contributed by atoms with van der Waals surface area (Å²) in [5.41, 5.74) is 3.96. The molecule has 5 nitrogen and oxygen atoms in total. The van der Waals surface area contributed by atoms with Crippen LogP contribution in [0.3, 0.4) is 0 Å². The van der Waals surface area contributed by atoms with Crippen molar-refractivity contribution in [2.24, 2.45) is 0 Å². The Morgan fingerprint density at radius 2 is 1.90 bits per heavy atom. The van der Waals surface area contributed by atoms with Gasteiger partial charge in [0.1, 0.15) is 5.69 Å². The van der Waals surface area contributed by atoms with Gasteiger partial charge in [0.2, 0.25) is 0 Å². The first kappa shape index (κ1) is 19.7. The van der Waals surface area contributed by atoms with E-state index in [1.54, 1.807) is 4.68 Å². The minimum absolute atomic E-state index is 0.128. The summed E-state index contributed by atoms with van der Waals surface area (Å²) in [6, 6.07) is 17.3. The quantitative estimate of drug-likeness (QED) is 0.660. The van der Waals surface area contributed by atoms with E-state index in [-0.39, 0.29) is 5.91 Å². The molecule has 1 N–H and O–H groups in total. The number of halogens is 1. The number of likely N-dealkylation sites (tertiary alicyclic amines) is 1. The molecule has 6 heteroatoms. The van der Waals surface area contributed by atoms with E-state index in [4.69, 9.17) is 16.7 Å². The summed E-state index contributed by atoms with van der Waals surface area (Å²) in [5, 5.41) is 8.39. The lowest BCUT2D eigenvalue weighted by Gasteiger charge is -2.15. The van der Waals surface area contributed by atoms with Crippen molar-refractivity contribution in [3.63, 3.8) is 0 Å². The molecule has 1 fully saturated rings. The van der Waals surface area contributed by atoms with Crippen LogP contribution in [0, 0.1) is 6.92 Å². The topological polar surface area (TPSA) is 50.2 Å². The number of aryl methyl sites for hydroxylation is 1. The Balaban J connectivity index is 1.63. The molecule has 0 aliphatic carbocycles. The summed E-state index contributed by atoms with van der Waals surface area (Å²) < 4.78 is 1.71. The highest BCUT2D eigenvalue weighted by Gasteiger charge is 2.19. The van der Waals surface area contributed by atoms with E-state index in [0.717, 1.165) is 36.4 Å². The van der Waals surface area contributed by atoms with E-state index in [1.165, 1.54) is 12.8 Å². The maximum atomic E-state index is 13.0. The van der Waals surface area contributed by atoms with Gasteiger partial charge in [-0.25, -0.2) is 4.68 Å². The lowest BCUT2D eigenvalue weighted by atomic mass is 10.1. The molecular formula is C23H25ClN4O. The summed E-state index contributed by atoms with van der Waals surface area (Å²) in [7, 11) is 0. The van der Waals surface area contributed by atoms with Crippen LogP contribution in [0.4, 0.5) is 0 Å². The molecule has 0 unspecified atom stereocenters. The molecule has 29 heavy (non-hydrogen) atoms. The van der Waals surface area contributed by atoms with Crippen molar-refractivity contribution >= 4 is 17.5 Å². The Bertz CT molecular complexity index is 1010. The van der Waals surface area contributed by atoms with E-state index in [1.807, 2.05) is 61.5 Å². The van der Waals surface area contributed by atoms with Gasteiger partial charge in [-0.1, -0.05) is 41.9 Å². The third kappa shape index (κ3) is 4.52. The number of carbonyl (C=O) groups excluding carboxylic acids is 1. The van der Waals surface area contributed by atoms with Crippen LogP contribution in [0.5, 0.6) is 0 Å². The van der Waals surface area contributed by atoms with Crippen molar-refractivity contribution in [2.45, 2.75) is 19.8 Å². The molecule has 0 saturated carbocycles. The summed E-state index contributed by atoms with van der Waals surface area (Å²) in [5.74, 6) is -0.128. The minimum atomic E-state index is -0.128. The Hall–Kier alpha value is -2.63. The average Bonchev–Trinajstić information content (AvgIpc) is 3.38. The van der Waals surface area contributed by atoms with Crippen molar-refractivity contribution in [1.82, 2.24) is 20.0 Å². The van der Waals surface area contributed by atoms with Crippen molar-refractivity contribution in [3.05, 3.63) is 70.9 Å². The molecule has 0 bridgehead atoms. The number of amides is 1. The van der Waals surface area contributed by atoms with E-state index >= 15 is 0 Å². The maximum absolute atomic E-state index is 13.0. The summed E-state index contributed by atoms with van der Waals surface area (Å²) in [6.07, 6.45) is 2.49. The molecule has 2 heterocycles. The zero-order chi connectivity index (χ0) is 20.2. The zero-order valence-electron chi connectivity index (χ0n) is 16.6. The van der Waals surface area contributed by atoms with E-state index in [9.17, 15) is 4.79 Å². The molecule has 2 aromatic carbocycles. The van der Waals surface area contributed by atoms with Gasteiger partial charge in [0.05, 0.1) is 16.4 Å². The van der Waals surface area contributed by atoms with Gasteiger partial charge in [-0.15, -0.1) is 0 Å². The van der Waals surface area contributed by atoms with Crippen LogP contribution in [0.1, 0.15) is 28.9 Å². The fourth-order valence-corrected chi connectivity index (χ4v) is 3.96. The molecule has 0 atom stereocenters. The number of hydrogen-bond acceptors (Lipinski definition) is 3. The Labute approximate surface area is 176 Å². The van der Waals surface area contributed by atoms with Gasteiger partial charge in [0.25, 0.3) is 5.91 Å².